The summed E-state index contributed by atoms with van der Waals surface area (Å²) in [5, 5.41) is 16.0. The van der Waals surface area contributed by atoms with Gasteiger partial charge in [-0.2, -0.15) is 10.4 Å². The number of aromatic nitrogens is 2. The van der Waals surface area contributed by atoms with E-state index in [9.17, 15) is 0 Å². The first-order valence-electron chi connectivity index (χ1n) is 7.08. The molecule has 0 aliphatic carbocycles. The average Bonchev–Trinajstić information content (AvgIpc) is 3.02. The van der Waals surface area contributed by atoms with E-state index in [1.54, 1.807) is 0 Å². The van der Waals surface area contributed by atoms with Crippen LogP contribution in [0.15, 0.2) is 36.7 Å². The quantitative estimate of drug-likeness (QED) is 0.929. The van der Waals surface area contributed by atoms with Crippen molar-refractivity contribution in [3.63, 3.8) is 0 Å². The van der Waals surface area contributed by atoms with Gasteiger partial charge in [-0.1, -0.05) is 18.6 Å². The van der Waals surface area contributed by atoms with Gasteiger partial charge in [0, 0.05) is 24.3 Å². The highest BCUT2D eigenvalue weighted by atomic mass is 15.2. The van der Waals surface area contributed by atoms with Crippen molar-refractivity contribution in [2.75, 3.05) is 6.54 Å². The summed E-state index contributed by atoms with van der Waals surface area (Å²) in [5.74, 6) is 0. The van der Waals surface area contributed by atoms with Gasteiger partial charge in [-0.3, -0.25) is 10.00 Å². The zero-order chi connectivity index (χ0) is 13.8. The number of piperidine rings is 1. The van der Waals surface area contributed by atoms with Gasteiger partial charge in [-0.15, -0.1) is 0 Å². The van der Waals surface area contributed by atoms with Crippen molar-refractivity contribution in [2.45, 2.75) is 31.8 Å². The second-order valence-electron chi connectivity index (χ2n) is 5.33. The van der Waals surface area contributed by atoms with E-state index in [1.165, 1.54) is 30.4 Å². The normalized spacial score (nSPS) is 19.6. The van der Waals surface area contributed by atoms with Crippen LogP contribution in [0.1, 0.15) is 42.0 Å². The summed E-state index contributed by atoms with van der Waals surface area (Å²) in [5.41, 5.74) is 3.21. The topological polar surface area (TPSA) is 55.7 Å². The molecule has 1 aromatic heterocycles. The van der Waals surface area contributed by atoms with E-state index in [0.29, 0.717) is 6.04 Å². The van der Waals surface area contributed by atoms with Crippen LogP contribution in [0.3, 0.4) is 0 Å². The molecule has 102 valence electrons. The lowest BCUT2D eigenvalue weighted by Crippen LogP contribution is -2.32. The number of hydrogen-bond acceptors (Lipinski definition) is 3. The summed E-state index contributed by atoms with van der Waals surface area (Å²) >= 11 is 0. The first kappa shape index (κ1) is 12.9. The third kappa shape index (κ3) is 2.73. The zero-order valence-electron chi connectivity index (χ0n) is 11.4. The fraction of sp³-hybridized carbons (Fsp3) is 0.375. The lowest BCUT2D eigenvalue weighted by atomic mass is 9.96. The Labute approximate surface area is 119 Å². The third-order valence-corrected chi connectivity index (χ3v) is 3.96. The highest BCUT2D eigenvalue weighted by molar-refractivity contribution is 5.32. The van der Waals surface area contributed by atoms with E-state index in [1.807, 2.05) is 30.6 Å². The van der Waals surface area contributed by atoms with Crippen LogP contribution >= 0.6 is 0 Å². The van der Waals surface area contributed by atoms with E-state index in [4.69, 9.17) is 5.26 Å². The van der Waals surface area contributed by atoms with E-state index < -0.39 is 0 Å². The number of hydrogen-bond donors (Lipinski definition) is 1. The molecule has 4 heteroatoms. The van der Waals surface area contributed by atoms with Crippen molar-refractivity contribution in [1.29, 1.82) is 5.26 Å². The van der Waals surface area contributed by atoms with Crippen LogP contribution in [0.4, 0.5) is 0 Å². The molecule has 1 unspecified atom stereocenters. The fourth-order valence-corrected chi connectivity index (χ4v) is 2.97. The molecule has 1 aliphatic rings. The summed E-state index contributed by atoms with van der Waals surface area (Å²) in [7, 11) is 0. The van der Waals surface area contributed by atoms with E-state index in [2.05, 4.69) is 27.2 Å². The Kier molecular flexibility index (Phi) is 3.80. The van der Waals surface area contributed by atoms with Crippen LogP contribution in [0, 0.1) is 11.3 Å². The summed E-state index contributed by atoms with van der Waals surface area (Å²) < 4.78 is 0. The molecule has 0 spiro atoms. The Hall–Kier alpha value is -2.12. The second kappa shape index (κ2) is 5.89. The predicted octanol–water partition coefficient (Wildman–Crippen LogP) is 3.01. The highest BCUT2D eigenvalue weighted by Crippen LogP contribution is 2.31. The Morgan fingerprint density at radius 2 is 2.35 bits per heavy atom. The van der Waals surface area contributed by atoms with Gasteiger partial charge in [0.2, 0.25) is 0 Å². The monoisotopic (exact) mass is 266 g/mol. The summed E-state index contributed by atoms with van der Waals surface area (Å²) in [6, 6.07) is 10.6. The molecule has 1 N–H and O–H groups in total. The van der Waals surface area contributed by atoms with Gasteiger partial charge >= 0.3 is 0 Å². The Morgan fingerprint density at radius 3 is 3.15 bits per heavy atom. The van der Waals surface area contributed by atoms with Gasteiger partial charge in [-0.25, -0.2) is 0 Å². The van der Waals surface area contributed by atoms with Crippen LogP contribution in [0.5, 0.6) is 0 Å². The number of likely N-dealkylation sites (tertiary alicyclic amines) is 1. The second-order valence-corrected chi connectivity index (χ2v) is 5.33. The summed E-state index contributed by atoms with van der Waals surface area (Å²) in [6.45, 7) is 2.00. The third-order valence-electron chi connectivity index (χ3n) is 3.96. The molecule has 1 saturated heterocycles. The maximum Gasteiger partial charge on any atom is 0.0991 e. The molecule has 20 heavy (non-hydrogen) atoms. The molecule has 3 rings (SSSR count). The molecule has 1 aromatic carbocycles. The van der Waals surface area contributed by atoms with Crippen LogP contribution in [-0.2, 0) is 6.54 Å². The van der Waals surface area contributed by atoms with Crippen LogP contribution in [0.2, 0.25) is 0 Å². The number of benzene rings is 1. The van der Waals surface area contributed by atoms with E-state index in [-0.39, 0.29) is 0 Å². The van der Waals surface area contributed by atoms with Crippen molar-refractivity contribution in [3.8, 4) is 6.07 Å². The molecule has 0 amide bonds. The predicted molar refractivity (Wildman–Crippen MR) is 76.7 cm³/mol. The smallest absolute Gasteiger partial charge is 0.0991 e. The highest BCUT2D eigenvalue weighted by Gasteiger charge is 2.24. The largest absolute Gasteiger partial charge is 0.292 e. The lowest BCUT2D eigenvalue weighted by molar-refractivity contribution is 0.140. The fourth-order valence-electron chi connectivity index (χ4n) is 2.97. The minimum atomic E-state index is 0.438. The van der Waals surface area contributed by atoms with Gasteiger partial charge in [-0.05, 0) is 37.1 Å². The van der Waals surface area contributed by atoms with Gasteiger partial charge in [0.15, 0.2) is 0 Å². The van der Waals surface area contributed by atoms with Gasteiger partial charge in [0.25, 0.3) is 0 Å². The minimum absolute atomic E-state index is 0.438. The zero-order valence-corrected chi connectivity index (χ0v) is 11.4. The number of nitrogens with zero attached hydrogens (tertiary/aromatic N) is 3. The molecule has 1 atom stereocenters. The maximum absolute atomic E-state index is 8.99. The van der Waals surface area contributed by atoms with Crippen LogP contribution in [0.25, 0.3) is 0 Å². The molecule has 2 aromatic rings. The lowest BCUT2D eigenvalue weighted by Gasteiger charge is -2.35. The molecular weight excluding hydrogens is 248 g/mol. The Morgan fingerprint density at radius 1 is 1.40 bits per heavy atom. The van der Waals surface area contributed by atoms with Crippen LogP contribution in [-0.4, -0.2) is 21.6 Å². The Bertz CT molecular complexity index is 597. The van der Waals surface area contributed by atoms with Gasteiger partial charge < -0.3 is 0 Å². The molecule has 1 fully saturated rings. The maximum atomic E-state index is 8.99. The molecule has 0 saturated carbocycles. The van der Waals surface area contributed by atoms with Gasteiger partial charge in [0.1, 0.15) is 0 Å². The molecule has 1 aliphatic heterocycles. The molecule has 2 heterocycles. The van der Waals surface area contributed by atoms with Crippen molar-refractivity contribution in [1.82, 2.24) is 15.1 Å². The number of rotatable bonds is 3. The molecule has 0 bridgehead atoms. The number of aromatic amines is 1. The molecule has 0 radical (unpaired) electrons. The first-order chi connectivity index (χ1) is 9.86. The van der Waals surface area contributed by atoms with E-state index in [0.717, 1.165) is 18.7 Å². The molecular formula is C16H18N4. The SMILES string of the molecule is N#Cc1cccc(CN2CCCCC2c2cn[nH]c2)c1. The number of H-pyrrole nitrogens is 1. The standard InChI is InChI=1S/C16H18N4/c17-9-13-4-3-5-14(8-13)12-20-7-2-1-6-16(20)15-10-18-19-11-15/h3-5,8,10-11,16H,1-2,6-7,12H2,(H,18,19). The van der Waals surface area contributed by atoms with Crippen molar-refractivity contribution in [2.24, 2.45) is 0 Å². The van der Waals surface area contributed by atoms with Crippen molar-refractivity contribution >= 4 is 0 Å². The summed E-state index contributed by atoms with van der Waals surface area (Å²) in [6.07, 6.45) is 7.61. The Balaban J connectivity index is 1.78. The van der Waals surface area contributed by atoms with Crippen molar-refractivity contribution in [3.05, 3.63) is 53.3 Å². The van der Waals surface area contributed by atoms with Gasteiger partial charge in [0.05, 0.1) is 17.8 Å². The minimum Gasteiger partial charge on any atom is -0.292 e. The number of nitrogens with one attached hydrogen (secondary N) is 1. The first-order valence-corrected chi connectivity index (χ1v) is 7.08. The average molecular weight is 266 g/mol. The van der Waals surface area contributed by atoms with E-state index >= 15 is 0 Å². The molecule has 4 nitrogen and oxygen atoms in total. The number of nitriles is 1. The van der Waals surface area contributed by atoms with Crippen LogP contribution < -0.4 is 0 Å². The summed E-state index contributed by atoms with van der Waals surface area (Å²) in [4.78, 5) is 2.49. The van der Waals surface area contributed by atoms with Crippen molar-refractivity contribution < 1.29 is 0 Å².